The van der Waals surface area contributed by atoms with E-state index >= 15 is 0 Å². The molecule has 0 bridgehead atoms. The van der Waals surface area contributed by atoms with Gasteiger partial charge in [-0.1, -0.05) is 17.4 Å². The number of benzene rings is 1. The quantitative estimate of drug-likeness (QED) is 0.447. The van der Waals surface area contributed by atoms with Crippen LogP contribution in [0.25, 0.3) is 10.2 Å². The number of fused-ring (bicyclic) bond motifs is 1. The molecule has 30 heavy (non-hydrogen) atoms. The average Bonchev–Trinajstić information content (AvgIpc) is 3.49. The van der Waals surface area contributed by atoms with Gasteiger partial charge in [-0.25, -0.2) is 13.8 Å². The lowest BCUT2D eigenvalue weighted by molar-refractivity contribution is -0.117. The molecule has 150 valence electrons. The van der Waals surface area contributed by atoms with Gasteiger partial charge in [0.2, 0.25) is 5.78 Å². The number of hydrogen-bond acceptors (Lipinski definition) is 7. The second kappa shape index (κ2) is 6.85. The van der Waals surface area contributed by atoms with Crippen LogP contribution in [0.3, 0.4) is 0 Å². The number of ketones is 1. The zero-order valence-corrected chi connectivity index (χ0v) is 16.5. The molecule has 1 amide bonds. The van der Waals surface area contributed by atoms with Crippen LogP contribution in [0, 0.1) is 11.6 Å². The molecule has 0 radical (unpaired) electrons. The van der Waals surface area contributed by atoms with E-state index in [0.29, 0.717) is 10.9 Å². The summed E-state index contributed by atoms with van der Waals surface area (Å²) in [7, 11) is 0. The summed E-state index contributed by atoms with van der Waals surface area (Å²) in [6.07, 6.45) is 1.31. The van der Waals surface area contributed by atoms with Gasteiger partial charge in [-0.2, -0.15) is 0 Å². The van der Waals surface area contributed by atoms with Gasteiger partial charge in [0.25, 0.3) is 5.91 Å². The lowest BCUT2D eigenvalue weighted by Crippen LogP contribution is -2.30. The van der Waals surface area contributed by atoms with Gasteiger partial charge in [0.1, 0.15) is 17.4 Å². The van der Waals surface area contributed by atoms with Crippen LogP contribution in [-0.4, -0.2) is 21.8 Å². The topological polar surface area (TPSA) is 83.6 Å². The molecule has 0 fully saturated rings. The number of carbonyl (C=O) groups is 2. The molecule has 0 spiro atoms. The average molecular weight is 444 g/mol. The highest BCUT2D eigenvalue weighted by Crippen LogP contribution is 2.45. The minimum absolute atomic E-state index is 0.0340. The minimum atomic E-state index is -0.983. The summed E-state index contributed by atoms with van der Waals surface area (Å²) in [5.74, 6) is -3.91. The van der Waals surface area contributed by atoms with E-state index in [4.69, 9.17) is 4.42 Å². The highest BCUT2D eigenvalue weighted by Gasteiger charge is 2.47. The van der Waals surface area contributed by atoms with Gasteiger partial charge in [-0.3, -0.25) is 14.5 Å². The third kappa shape index (κ3) is 2.76. The first-order chi connectivity index (χ1) is 14.5. The Hall–Kier alpha value is -3.37. The maximum atomic E-state index is 14.2. The number of hydrogen-bond donors (Lipinski definition) is 1. The summed E-state index contributed by atoms with van der Waals surface area (Å²) in [4.78, 5) is 31.8. The molecule has 10 heteroatoms. The molecule has 1 N–H and O–H groups in total. The summed E-state index contributed by atoms with van der Waals surface area (Å²) in [5.41, 5.74) is -0.261. The number of aliphatic hydroxyl groups is 1. The number of thiazole rings is 1. The van der Waals surface area contributed by atoms with Crippen molar-refractivity contribution in [3.05, 3.63) is 81.6 Å². The maximum absolute atomic E-state index is 14.2. The van der Waals surface area contributed by atoms with Crippen LogP contribution >= 0.6 is 22.7 Å². The summed E-state index contributed by atoms with van der Waals surface area (Å²) < 4.78 is 33.1. The molecule has 1 aliphatic heterocycles. The third-order valence-electron chi connectivity index (χ3n) is 4.62. The molecule has 0 saturated carbocycles. The van der Waals surface area contributed by atoms with Crippen LogP contribution in [-0.2, 0) is 4.79 Å². The number of halogens is 2. The van der Waals surface area contributed by atoms with Crippen molar-refractivity contribution in [2.45, 2.75) is 6.04 Å². The minimum Gasteiger partial charge on any atom is -0.503 e. The molecule has 1 aromatic carbocycles. The standard InChI is InChI=1S/C20H10F2N2O4S2/c21-9-7-10(22)15-13(8-9)30-20(23-15)24-16(12-4-2-6-29-12)14(18(26)19(24)27)17(25)11-3-1-5-28-11/h1-8,16,26H. The van der Waals surface area contributed by atoms with Crippen molar-refractivity contribution in [1.82, 2.24) is 4.98 Å². The van der Waals surface area contributed by atoms with Crippen LogP contribution < -0.4 is 4.90 Å². The number of Topliss-reactive ketones (excluding diaryl/α,β-unsaturated/α-hetero) is 1. The first-order valence-corrected chi connectivity index (χ1v) is 10.3. The predicted octanol–water partition coefficient (Wildman–Crippen LogP) is 5.01. The molecule has 4 aromatic rings. The number of thiophene rings is 1. The smallest absolute Gasteiger partial charge is 0.296 e. The molecule has 0 aliphatic carbocycles. The van der Waals surface area contributed by atoms with Crippen molar-refractivity contribution < 1.29 is 27.9 Å². The van der Waals surface area contributed by atoms with Gasteiger partial charge in [-0.15, -0.1) is 11.3 Å². The number of furan rings is 1. The number of rotatable bonds is 4. The molecule has 1 atom stereocenters. The number of carbonyl (C=O) groups excluding carboxylic acids is 2. The third-order valence-corrected chi connectivity index (χ3v) is 6.54. The van der Waals surface area contributed by atoms with E-state index < -0.39 is 35.1 Å². The molecule has 6 nitrogen and oxygen atoms in total. The molecule has 0 saturated heterocycles. The van der Waals surface area contributed by atoms with E-state index in [2.05, 4.69) is 4.98 Å². The van der Waals surface area contributed by atoms with E-state index in [-0.39, 0.29) is 26.7 Å². The Kier molecular flexibility index (Phi) is 4.26. The van der Waals surface area contributed by atoms with Crippen LogP contribution in [0.15, 0.2) is 63.8 Å². The van der Waals surface area contributed by atoms with Gasteiger partial charge in [0.15, 0.2) is 22.5 Å². The van der Waals surface area contributed by atoms with Crippen LogP contribution in [0.1, 0.15) is 21.5 Å². The predicted molar refractivity (Wildman–Crippen MR) is 107 cm³/mol. The number of aliphatic hydroxyl groups excluding tert-OH is 1. The molecule has 3 aromatic heterocycles. The fourth-order valence-electron chi connectivity index (χ4n) is 3.34. The summed E-state index contributed by atoms with van der Waals surface area (Å²) in [5, 5.41) is 12.4. The van der Waals surface area contributed by atoms with Gasteiger partial charge in [0.05, 0.1) is 16.5 Å². The number of nitrogens with zero attached hydrogens (tertiary/aromatic N) is 2. The Morgan fingerprint density at radius 3 is 2.77 bits per heavy atom. The van der Waals surface area contributed by atoms with Crippen molar-refractivity contribution in [3.8, 4) is 0 Å². The van der Waals surface area contributed by atoms with E-state index in [9.17, 15) is 23.5 Å². The number of anilines is 1. The molecule has 1 unspecified atom stereocenters. The zero-order chi connectivity index (χ0) is 21.0. The second-order valence-electron chi connectivity index (χ2n) is 6.39. The van der Waals surface area contributed by atoms with E-state index in [1.54, 1.807) is 17.5 Å². The first-order valence-electron chi connectivity index (χ1n) is 8.59. The highest BCUT2D eigenvalue weighted by molar-refractivity contribution is 7.22. The Morgan fingerprint density at radius 2 is 2.07 bits per heavy atom. The van der Waals surface area contributed by atoms with Crippen molar-refractivity contribution in [1.29, 1.82) is 0 Å². The van der Waals surface area contributed by atoms with Crippen LogP contribution in [0.4, 0.5) is 13.9 Å². The summed E-state index contributed by atoms with van der Waals surface area (Å²) in [6.45, 7) is 0. The Bertz CT molecular complexity index is 1330. The van der Waals surface area contributed by atoms with Gasteiger partial charge in [-0.05, 0) is 29.6 Å². The SMILES string of the molecule is O=C(C1=C(O)C(=O)N(c2nc3c(F)cc(F)cc3s2)C1c1cccs1)c1ccco1. The lowest BCUT2D eigenvalue weighted by atomic mass is 10.0. The number of amides is 1. The van der Waals surface area contributed by atoms with Crippen LogP contribution in [0.5, 0.6) is 0 Å². The zero-order valence-electron chi connectivity index (χ0n) is 14.8. The lowest BCUT2D eigenvalue weighted by Gasteiger charge is -2.22. The fourth-order valence-corrected chi connectivity index (χ4v) is 5.19. The van der Waals surface area contributed by atoms with E-state index in [1.807, 2.05) is 0 Å². The monoisotopic (exact) mass is 444 g/mol. The second-order valence-corrected chi connectivity index (χ2v) is 8.38. The number of aromatic nitrogens is 1. The largest absolute Gasteiger partial charge is 0.503 e. The molecule has 4 heterocycles. The van der Waals surface area contributed by atoms with Crippen molar-refractivity contribution in [2.24, 2.45) is 0 Å². The van der Waals surface area contributed by atoms with Gasteiger partial charge < -0.3 is 9.52 Å². The first kappa shape index (κ1) is 18.6. The van der Waals surface area contributed by atoms with Gasteiger partial charge >= 0.3 is 0 Å². The summed E-state index contributed by atoms with van der Waals surface area (Å²) in [6, 6.07) is 7.22. The molecule has 1 aliphatic rings. The molecular weight excluding hydrogens is 434 g/mol. The maximum Gasteiger partial charge on any atom is 0.296 e. The van der Waals surface area contributed by atoms with Crippen molar-refractivity contribution in [3.63, 3.8) is 0 Å². The summed E-state index contributed by atoms with van der Waals surface area (Å²) >= 11 is 2.16. The van der Waals surface area contributed by atoms with E-state index in [0.717, 1.165) is 22.3 Å². The van der Waals surface area contributed by atoms with E-state index in [1.165, 1.54) is 29.7 Å². The molecule has 5 rings (SSSR count). The van der Waals surface area contributed by atoms with Crippen molar-refractivity contribution >= 4 is 49.7 Å². The highest BCUT2D eigenvalue weighted by atomic mass is 32.1. The Morgan fingerprint density at radius 1 is 1.23 bits per heavy atom. The normalized spacial score (nSPS) is 16.8. The van der Waals surface area contributed by atoms with Crippen LogP contribution in [0.2, 0.25) is 0 Å². The molecular formula is C20H10F2N2O4S2. The fraction of sp³-hybridized carbons (Fsp3) is 0.0500. The Balaban J connectivity index is 1.68. The van der Waals surface area contributed by atoms with Crippen molar-refractivity contribution in [2.75, 3.05) is 4.90 Å². The Labute approximate surface area is 175 Å². The van der Waals surface area contributed by atoms with Gasteiger partial charge in [0, 0.05) is 10.9 Å².